The molecule has 2 unspecified atom stereocenters. The van der Waals surface area contributed by atoms with Crippen LogP contribution in [0.1, 0.15) is 27.7 Å². The first-order valence-corrected chi connectivity index (χ1v) is 5.41. The molecule has 14 heavy (non-hydrogen) atoms. The predicted octanol–water partition coefficient (Wildman–Crippen LogP) is 1.76. The van der Waals surface area contributed by atoms with Crippen LogP contribution in [-0.2, 0) is 0 Å². The lowest BCUT2D eigenvalue weighted by molar-refractivity contribution is 0.00765. The van der Waals surface area contributed by atoms with Crippen molar-refractivity contribution >= 4 is 0 Å². The number of nitrogens with zero attached hydrogens (tertiary/aromatic N) is 2. The maximum Gasteiger partial charge on any atom is 0.114 e. The first-order valence-electron chi connectivity index (χ1n) is 5.41. The van der Waals surface area contributed by atoms with Gasteiger partial charge in [0.15, 0.2) is 0 Å². The molecule has 3 heteroatoms. The molecule has 84 valence electrons. The van der Waals surface area contributed by atoms with Crippen molar-refractivity contribution in [1.82, 2.24) is 9.80 Å². The highest BCUT2D eigenvalue weighted by Crippen LogP contribution is 2.20. The van der Waals surface area contributed by atoms with Crippen molar-refractivity contribution < 1.29 is 4.39 Å². The first-order chi connectivity index (χ1) is 6.32. The molecular formula is C11H23FN2. The third kappa shape index (κ3) is 2.67. The molecule has 0 radical (unpaired) electrons. The number of hydrogen-bond donors (Lipinski definition) is 0. The summed E-state index contributed by atoms with van der Waals surface area (Å²) in [7, 11) is 2.01. The lowest BCUT2D eigenvalue weighted by Crippen LogP contribution is -2.59. The fourth-order valence-corrected chi connectivity index (χ4v) is 2.01. The van der Waals surface area contributed by atoms with E-state index in [0.717, 1.165) is 19.6 Å². The Bertz CT molecular complexity index is 186. The quantitative estimate of drug-likeness (QED) is 0.639. The molecule has 0 aromatic carbocycles. The minimum absolute atomic E-state index is 0.0583. The van der Waals surface area contributed by atoms with Crippen molar-refractivity contribution in [3.63, 3.8) is 0 Å². The van der Waals surface area contributed by atoms with Gasteiger partial charge in [-0.05, 0) is 34.7 Å². The Morgan fingerprint density at radius 1 is 1.29 bits per heavy atom. The zero-order chi connectivity index (χ0) is 10.9. The van der Waals surface area contributed by atoms with Crippen LogP contribution in [0.5, 0.6) is 0 Å². The normalized spacial score (nSPS) is 29.1. The van der Waals surface area contributed by atoms with Crippen LogP contribution < -0.4 is 0 Å². The average molecular weight is 202 g/mol. The Balaban J connectivity index is 2.62. The van der Waals surface area contributed by atoms with Gasteiger partial charge < -0.3 is 0 Å². The van der Waals surface area contributed by atoms with Crippen LogP contribution in [-0.4, -0.2) is 54.2 Å². The lowest BCUT2D eigenvalue weighted by atomic mass is 10.0. The molecule has 1 aliphatic heterocycles. The summed E-state index contributed by atoms with van der Waals surface area (Å²) >= 11 is 0. The first kappa shape index (κ1) is 11.9. The van der Waals surface area contributed by atoms with Crippen molar-refractivity contribution in [3.05, 3.63) is 0 Å². The van der Waals surface area contributed by atoms with Gasteiger partial charge >= 0.3 is 0 Å². The molecule has 2 nitrogen and oxygen atoms in total. The summed E-state index contributed by atoms with van der Waals surface area (Å²) in [4.78, 5) is 4.50. The molecule has 1 heterocycles. The molecule has 1 saturated heterocycles. The van der Waals surface area contributed by atoms with Gasteiger partial charge in [0.05, 0.1) is 6.04 Å². The second kappa shape index (κ2) is 4.15. The maximum atomic E-state index is 13.3. The molecule has 0 aromatic rings. The molecule has 0 spiro atoms. The zero-order valence-electron chi connectivity index (χ0n) is 10.0. The molecule has 0 amide bonds. The molecule has 0 aliphatic carbocycles. The van der Waals surface area contributed by atoms with Gasteiger partial charge in [0.25, 0.3) is 0 Å². The fraction of sp³-hybridized carbons (Fsp3) is 1.00. The van der Waals surface area contributed by atoms with E-state index in [-0.39, 0.29) is 11.6 Å². The van der Waals surface area contributed by atoms with E-state index in [1.54, 1.807) is 6.92 Å². The molecule has 1 aliphatic rings. The van der Waals surface area contributed by atoms with Crippen LogP contribution in [0, 0.1) is 0 Å². The molecule has 1 fully saturated rings. The summed E-state index contributed by atoms with van der Waals surface area (Å²) in [6.07, 6.45) is -0.745. The fourth-order valence-electron chi connectivity index (χ4n) is 2.01. The topological polar surface area (TPSA) is 6.48 Å². The standard InChI is InChI=1S/C11H23FN2/c1-9(12)10-8-14(11(2,3)4)7-6-13(10)5/h9-10H,6-8H2,1-5H3. The highest BCUT2D eigenvalue weighted by molar-refractivity contribution is 4.89. The van der Waals surface area contributed by atoms with Crippen LogP contribution in [0.25, 0.3) is 0 Å². The van der Waals surface area contributed by atoms with Gasteiger partial charge in [-0.25, -0.2) is 4.39 Å². The summed E-state index contributed by atoms with van der Waals surface area (Å²) in [6, 6.07) is 0.0583. The van der Waals surface area contributed by atoms with Crippen molar-refractivity contribution in [1.29, 1.82) is 0 Å². The van der Waals surface area contributed by atoms with Crippen LogP contribution in [0.4, 0.5) is 4.39 Å². The average Bonchev–Trinajstić information content (AvgIpc) is 2.02. The van der Waals surface area contributed by atoms with Crippen molar-refractivity contribution in [2.75, 3.05) is 26.7 Å². The van der Waals surface area contributed by atoms with Gasteiger partial charge in [0.1, 0.15) is 6.17 Å². The number of piperazine rings is 1. The lowest BCUT2D eigenvalue weighted by Gasteiger charge is -2.46. The summed E-state index contributed by atoms with van der Waals surface area (Å²) in [5.74, 6) is 0. The maximum absolute atomic E-state index is 13.3. The summed E-state index contributed by atoms with van der Waals surface area (Å²) in [5, 5.41) is 0. The van der Waals surface area contributed by atoms with E-state index in [4.69, 9.17) is 0 Å². The molecule has 0 bridgehead atoms. The number of halogens is 1. The second-order valence-electron chi connectivity index (χ2n) is 5.34. The SMILES string of the molecule is CC(F)C1CN(C(C)(C)C)CCN1C. The smallest absolute Gasteiger partial charge is 0.114 e. The van der Waals surface area contributed by atoms with Gasteiger partial charge in [-0.3, -0.25) is 9.80 Å². The summed E-state index contributed by atoms with van der Waals surface area (Å²) in [5.41, 5.74) is 0.161. The third-order valence-electron chi connectivity index (χ3n) is 3.18. The van der Waals surface area contributed by atoms with E-state index in [9.17, 15) is 4.39 Å². The van der Waals surface area contributed by atoms with Crippen molar-refractivity contribution in [2.45, 2.75) is 45.4 Å². The van der Waals surface area contributed by atoms with Crippen molar-refractivity contribution in [3.8, 4) is 0 Å². The Hall–Kier alpha value is -0.150. The molecule has 2 atom stereocenters. The zero-order valence-corrected chi connectivity index (χ0v) is 10.0. The van der Waals surface area contributed by atoms with Crippen molar-refractivity contribution in [2.24, 2.45) is 0 Å². The van der Waals surface area contributed by atoms with E-state index in [2.05, 4.69) is 30.6 Å². The number of hydrogen-bond acceptors (Lipinski definition) is 2. The van der Waals surface area contributed by atoms with Gasteiger partial charge in [-0.2, -0.15) is 0 Å². The number of rotatable bonds is 1. The van der Waals surface area contributed by atoms with E-state index in [1.165, 1.54) is 0 Å². The van der Waals surface area contributed by atoms with Gasteiger partial charge in [-0.1, -0.05) is 0 Å². The van der Waals surface area contributed by atoms with E-state index in [0.29, 0.717) is 0 Å². The van der Waals surface area contributed by atoms with E-state index in [1.807, 2.05) is 7.05 Å². The minimum atomic E-state index is -0.745. The number of likely N-dealkylation sites (N-methyl/N-ethyl adjacent to an activating group) is 1. The monoisotopic (exact) mass is 202 g/mol. The Labute approximate surface area is 87.1 Å². The summed E-state index contributed by atoms with van der Waals surface area (Å²) < 4.78 is 13.3. The Morgan fingerprint density at radius 3 is 2.29 bits per heavy atom. The van der Waals surface area contributed by atoms with Gasteiger partial charge in [0.2, 0.25) is 0 Å². The second-order valence-corrected chi connectivity index (χ2v) is 5.34. The van der Waals surface area contributed by atoms with Gasteiger partial charge in [0, 0.05) is 25.2 Å². The largest absolute Gasteiger partial charge is 0.298 e. The van der Waals surface area contributed by atoms with Gasteiger partial charge in [-0.15, -0.1) is 0 Å². The van der Waals surface area contributed by atoms with Crippen LogP contribution in [0.15, 0.2) is 0 Å². The molecule has 0 aromatic heterocycles. The Morgan fingerprint density at radius 2 is 1.86 bits per heavy atom. The Kier molecular flexibility index (Phi) is 3.53. The highest BCUT2D eigenvalue weighted by atomic mass is 19.1. The molecule has 0 N–H and O–H groups in total. The predicted molar refractivity (Wildman–Crippen MR) is 58.3 cm³/mol. The van der Waals surface area contributed by atoms with Crippen LogP contribution >= 0.6 is 0 Å². The molecular weight excluding hydrogens is 179 g/mol. The highest BCUT2D eigenvalue weighted by Gasteiger charge is 2.33. The van der Waals surface area contributed by atoms with E-state index >= 15 is 0 Å². The van der Waals surface area contributed by atoms with Crippen LogP contribution in [0.2, 0.25) is 0 Å². The van der Waals surface area contributed by atoms with Crippen LogP contribution in [0.3, 0.4) is 0 Å². The molecule has 1 rings (SSSR count). The third-order valence-corrected chi connectivity index (χ3v) is 3.18. The van der Waals surface area contributed by atoms with E-state index < -0.39 is 6.17 Å². The molecule has 0 saturated carbocycles. The number of alkyl halides is 1. The summed E-state index contributed by atoms with van der Waals surface area (Å²) in [6.45, 7) is 11.1. The minimum Gasteiger partial charge on any atom is -0.298 e.